The van der Waals surface area contributed by atoms with E-state index in [0.29, 0.717) is 31.2 Å². The lowest BCUT2D eigenvalue weighted by molar-refractivity contribution is 0.0235. The summed E-state index contributed by atoms with van der Waals surface area (Å²) in [5.41, 5.74) is 1.32. The summed E-state index contributed by atoms with van der Waals surface area (Å²) in [4.78, 5) is 24.9. The molecule has 0 fully saturated rings. The summed E-state index contributed by atoms with van der Waals surface area (Å²) in [7, 11) is 0. The van der Waals surface area contributed by atoms with Gasteiger partial charge in [0.05, 0.1) is 11.1 Å². The van der Waals surface area contributed by atoms with Crippen molar-refractivity contribution in [3.05, 3.63) is 89.3 Å². The number of aryl methyl sites for hydroxylation is 2. The van der Waals surface area contributed by atoms with Gasteiger partial charge in [0.2, 0.25) is 0 Å². The molecule has 4 rings (SSSR count). The van der Waals surface area contributed by atoms with E-state index in [0.717, 1.165) is 0 Å². The predicted octanol–water partition coefficient (Wildman–Crippen LogP) is 6.02. The van der Waals surface area contributed by atoms with Gasteiger partial charge in [0.15, 0.2) is 5.60 Å². The second kappa shape index (κ2) is 7.88. The minimum absolute atomic E-state index is 0.0478. The predicted molar refractivity (Wildman–Crippen MR) is 129 cm³/mol. The van der Waals surface area contributed by atoms with Crippen molar-refractivity contribution in [2.75, 3.05) is 0 Å². The Balaban J connectivity index is 2.27. The first kappa shape index (κ1) is 23.3. The van der Waals surface area contributed by atoms with E-state index in [1.54, 1.807) is 39.8 Å². The van der Waals surface area contributed by atoms with Crippen LogP contribution in [0.5, 0.6) is 11.5 Å². The van der Waals surface area contributed by atoms with Gasteiger partial charge in [-0.05, 0) is 69.2 Å². The van der Waals surface area contributed by atoms with E-state index in [-0.39, 0.29) is 39.3 Å². The van der Waals surface area contributed by atoms with E-state index in [9.17, 15) is 24.9 Å². The van der Waals surface area contributed by atoms with Gasteiger partial charge in [-0.15, -0.1) is 0 Å². The molecule has 0 saturated carbocycles. The van der Waals surface area contributed by atoms with E-state index in [2.05, 4.69) is 31.9 Å². The molecule has 0 amide bonds. The standard InChI is InChI=1S/C25H20Br2O6/c1-10-7-17(26)12(3)21(28)19(10)25(20-11(2)8-18(27)13(4)22(20)29)16-9-14(23(30)31)5-6-15(16)24(32)33-25/h5-9,28-29H,1-4H3,(H,30,31). The van der Waals surface area contributed by atoms with Gasteiger partial charge < -0.3 is 20.1 Å². The van der Waals surface area contributed by atoms with Crippen LogP contribution in [0.1, 0.15) is 59.7 Å². The van der Waals surface area contributed by atoms with E-state index in [4.69, 9.17) is 4.74 Å². The van der Waals surface area contributed by atoms with Crippen LogP contribution in [-0.4, -0.2) is 27.3 Å². The number of rotatable bonds is 3. The number of phenolic OH excluding ortho intramolecular Hbond substituents is 2. The fourth-order valence-electron chi connectivity index (χ4n) is 4.50. The summed E-state index contributed by atoms with van der Waals surface area (Å²) in [6.45, 7) is 6.93. The van der Waals surface area contributed by atoms with Gasteiger partial charge in [-0.3, -0.25) is 0 Å². The SMILES string of the molecule is Cc1cc(Br)c(C)c(O)c1C1(c2c(C)cc(Br)c(C)c2O)OC(=O)c2ccc(C(=O)O)cc21. The molecular formula is C25H20Br2O6. The Morgan fingerprint density at radius 2 is 1.36 bits per heavy atom. The highest BCUT2D eigenvalue weighted by atomic mass is 79.9. The maximum Gasteiger partial charge on any atom is 0.340 e. The van der Waals surface area contributed by atoms with Gasteiger partial charge >= 0.3 is 11.9 Å². The van der Waals surface area contributed by atoms with Crippen LogP contribution < -0.4 is 0 Å². The highest BCUT2D eigenvalue weighted by Crippen LogP contribution is 2.56. The molecule has 0 bridgehead atoms. The number of esters is 1. The molecule has 1 aliphatic rings. The monoisotopic (exact) mass is 574 g/mol. The smallest absolute Gasteiger partial charge is 0.340 e. The highest BCUT2D eigenvalue weighted by molar-refractivity contribution is 9.10. The first-order valence-electron chi connectivity index (χ1n) is 10.0. The van der Waals surface area contributed by atoms with Crippen molar-refractivity contribution >= 4 is 43.8 Å². The highest BCUT2D eigenvalue weighted by Gasteiger charge is 2.53. The quantitative estimate of drug-likeness (QED) is 0.330. The Kier molecular flexibility index (Phi) is 5.57. The molecule has 0 spiro atoms. The largest absolute Gasteiger partial charge is 0.507 e. The summed E-state index contributed by atoms with van der Waals surface area (Å²) in [6.07, 6.45) is 0. The second-order valence-corrected chi connectivity index (χ2v) is 9.89. The van der Waals surface area contributed by atoms with E-state index < -0.39 is 17.5 Å². The zero-order valence-corrected chi connectivity index (χ0v) is 21.4. The molecule has 170 valence electrons. The van der Waals surface area contributed by atoms with E-state index in [1.807, 2.05) is 0 Å². The number of aromatic hydroxyl groups is 2. The molecule has 3 aromatic carbocycles. The minimum atomic E-state index is -1.77. The van der Waals surface area contributed by atoms with E-state index >= 15 is 0 Å². The molecule has 6 nitrogen and oxygen atoms in total. The number of hydrogen-bond donors (Lipinski definition) is 3. The van der Waals surface area contributed by atoms with Crippen molar-refractivity contribution in [1.29, 1.82) is 0 Å². The average molecular weight is 576 g/mol. The van der Waals surface area contributed by atoms with Gasteiger partial charge in [0.25, 0.3) is 0 Å². The molecule has 0 aliphatic carbocycles. The Bertz CT molecular complexity index is 1310. The molecule has 3 N–H and O–H groups in total. The molecule has 0 unspecified atom stereocenters. The molecule has 0 saturated heterocycles. The van der Waals surface area contributed by atoms with Crippen molar-refractivity contribution in [2.45, 2.75) is 33.3 Å². The summed E-state index contributed by atoms with van der Waals surface area (Å²) in [6, 6.07) is 7.68. The number of aromatic carboxylic acids is 1. The third-order valence-electron chi connectivity index (χ3n) is 6.19. The van der Waals surface area contributed by atoms with Crippen LogP contribution >= 0.6 is 31.9 Å². The Morgan fingerprint density at radius 1 is 0.879 bits per heavy atom. The molecule has 33 heavy (non-hydrogen) atoms. The van der Waals surface area contributed by atoms with Crippen LogP contribution in [0.15, 0.2) is 39.3 Å². The van der Waals surface area contributed by atoms with Crippen LogP contribution in [0.4, 0.5) is 0 Å². The number of ether oxygens (including phenoxy) is 1. The lowest BCUT2D eigenvalue weighted by atomic mass is 9.74. The van der Waals surface area contributed by atoms with Gasteiger partial charge in [0, 0.05) is 36.8 Å². The fraction of sp³-hybridized carbons (Fsp3) is 0.200. The fourth-order valence-corrected chi connectivity index (χ4v) is 5.56. The Morgan fingerprint density at radius 3 is 1.82 bits per heavy atom. The van der Waals surface area contributed by atoms with Crippen molar-refractivity contribution in [1.82, 2.24) is 0 Å². The molecule has 3 aromatic rings. The van der Waals surface area contributed by atoms with Gasteiger partial charge in [-0.25, -0.2) is 9.59 Å². The van der Waals surface area contributed by atoms with Crippen LogP contribution in [0, 0.1) is 27.7 Å². The number of carbonyl (C=O) groups excluding carboxylic acids is 1. The molecule has 0 radical (unpaired) electrons. The lowest BCUT2D eigenvalue weighted by Crippen LogP contribution is -2.32. The topological polar surface area (TPSA) is 104 Å². The minimum Gasteiger partial charge on any atom is -0.507 e. The molecule has 1 heterocycles. The molecule has 0 aromatic heterocycles. The number of cyclic esters (lactones) is 1. The van der Waals surface area contributed by atoms with Crippen LogP contribution in [0.2, 0.25) is 0 Å². The third kappa shape index (κ3) is 3.27. The summed E-state index contributed by atoms with van der Waals surface area (Å²) < 4.78 is 7.38. The molecule has 1 aliphatic heterocycles. The number of hydrogen-bond acceptors (Lipinski definition) is 5. The number of carbonyl (C=O) groups is 2. The van der Waals surface area contributed by atoms with Gasteiger partial charge in [-0.2, -0.15) is 0 Å². The van der Waals surface area contributed by atoms with Gasteiger partial charge in [-0.1, -0.05) is 31.9 Å². The van der Waals surface area contributed by atoms with Gasteiger partial charge in [0.1, 0.15) is 11.5 Å². The number of carboxylic acids is 1. The van der Waals surface area contributed by atoms with Crippen LogP contribution in [-0.2, 0) is 10.3 Å². The molecular weight excluding hydrogens is 556 g/mol. The number of carboxylic acid groups (broad SMARTS) is 1. The maximum atomic E-state index is 13.1. The van der Waals surface area contributed by atoms with Crippen molar-refractivity contribution in [3.63, 3.8) is 0 Å². The second-order valence-electron chi connectivity index (χ2n) is 8.18. The first-order chi connectivity index (χ1) is 15.4. The summed E-state index contributed by atoms with van der Waals surface area (Å²) >= 11 is 6.87. The third-order valence-corrected chi connectivity index (χ3v) is 7.84. The van der Waals surface area contributed by atoms with Crippen molar-refractivity contribution in [2.24, 2.45) is 0 Å². The van der Waals surface area contributed by atoms with Crippen molar-refractivity contribution < 1.29 is 29.6 Å². The van der Waals surface area contributed by atoms with Crippen molar-refractivity contribution in [3.8, 4) is 11.5 Å². The Hall–Kier alpha value is -2.84. The van der Waals surface area contributed by atoms with Crippen LogP contribution in [0.3, 0.4) is 0 Å². The number of benzene rings is 3. The normalized spacial score (nSPS) is 14.2. The summed E-state index contributed by atoms with van der Waals surface area (Å²) in [5.74, 6) is -2.10. The number of phenols is 2. The molecule has 8 heteroatoms. The van der Waals surface area contributed by atoms with Crippen LogP contribution in [0.25, 0.3) is 0 Å². The number of fused-ring (bicyclic) bond motifs is 1. The van der Waals surface area contributed by atoms with E-state index in [1.165, 1.54) is 18.2 Å². The summed E-state index contributed by atoms with van der Waals surface area (Å²) in [5, 5.41) is 32.3. The Labute approximate surface area is 207 Å². The zero-order valence-electron chi connectivity index (χ0n) is 18.2. The maximum absolute atomic E-state index is 13.1. The zero-order chi connectivity index (χ0) is 24.4. The average Bonchev–Trinajstić information content (AvgIpc) is 3.02. The lowest BCUT2D eigenvalue weighted by Gasteiger charge is -2.35. The first-order valence-corrected chi connectivity index (χ1v) is 11.6. The molecule has 0 atom stereocenters. The number of halogens is 2.